The minimum absolute atomic E-state index is 0.0424. The molecule has 0 spiro atoms. The first-order valence-electron chi connectivity index (χ1n) is 7.44. The fourth-order valence-corrected chi connectivity index (χ4v) is 3.15. The zero-order chi connectivity index (χ0) is 15.4. The average molecular weight is 312 g/mol. The molecule has 1 aliphatic rings. The molecule has 21 heavy (non-hydrogen) atoms. The van der Waals surface area contributed by atoms with E-state index in [-0.39, 0.29) is 5.69 Å². The number of nitrogens with zero attached hydrogens (tertiary/aromatic N) is 2. The van der Waals surface area contributed by atoms with Crippen molar-refractivity contribution in [2.75, 3.05) is 25.0 Å². The monoisotopic (exact) mass is 311 g/mol. The van der Waals surface area contributed by atoms with Gasteiger partial charge < -0.3 is 10.2 Å². The van der Waals surface area contributed by atoms with Crippen LogP contribution in [0, 0.1) is 17.0 Å². The van der Waals surface area contributed by atoms with Crippen LogP contribution in [0.2, 0.25) is 5.02 Å². The zero-order valence-corrected chi connectivity index (χ0v) is 13.3. The minimum atomic E-state index is -0.411. The van der Waals surface area contributed by atoms with Crippen LogP contribution in [0.4, 0.5) is 11.4 Å². The van der Waals surface area contributed by atoms with Crippen LogP contribution < -0.4 is 5.32 Å². The number of non-ortho nitro benzene ring substituents is 1. The van der Waals surface area contributed by atoms with Gasteiger partial charge in [0.25, 0.3) is 5.69 Å². The topological polar surface area (TPSA) is 58.4 Å². The SMILES string of the molecule is CCCN1CCC(Nc2c(C)cc([N+](=O)[O-])cc2Cl)CC1. The Morgan fingerprint density at radius 2 is 2.10 bits per heavy atom. The van der Waals surface area contributed by atoms with Crippen LogP contribution in [0.5, 0.6) is 0 Å². The number of piperidine rings is 1. The lowest BCUT2D eigenvalue weighted by Crippen LogP contribution is -2.39. The Morgan fingerprint density at radius 3 is 2.62 bits per heavy atom. The Bertz CT molecular complexity index is 491. The van der Waals surface area contributed by atoms with Crippen molar-refractivity contribution in [3.05, 3.63) is 32.8 Å². The zero-order valence-electron chi connectivity index (χ0n) is 12.6. The number of rotatable bonds is 5. The number of likely N-dealkylation sites (tertiary alicyclic amines) is 1. The Morgan fingerprint density at radius 1 is 1.43 bits per heavy atom. The number of nitro groups is 1. The number of hydrogen-bond donors (Lipinski definition) is 1. The van der Waals surface area contributed by atoms with Gasteiger partial charge in [0, 0.05) is 31.3 Å². The third kappa shape index (κ3) is 4.08. The van der Waals surface area contributed by atoms with E-state index in [2.05, 4.69) is 17.1 Å². The van der Waals surface area contributed by atoms with Gasteiger partial charge in [0.15, 0.2) is 0 Å². The number of nitro benzene ring substituents is 1. The Hall–Kier alpha value is -1.33. The Labute approximate surface area is 130 Å². The molecule has 0 aliphatic carbocycles. The van der Waals surface area contributed by atoms with Crippen molar-refractivity contribution in [3.8, 4) is 0 Å². The number of nitrogens with one attached hydrogen (secondary N) is 1. The number of hydrogen-bond acceptors (Lipinski definition) is 4. The molecule has 1 fully saturated rings. The second-order valence-electron chi connectivity index (χ2n) is 5.64. The summed E-state index contributed by atoms with van der Waals surface area (Å²) in [6, 6.07) is 3.37. The lowest BCUT2D eigenvalue weighted by molar-refractivity contribution is -0.384. The van der Waals surface area contributed by atoms with Crippen LogP contribution in [0.1, 0.15) is 31.7 Å². The largest absolute Gasteiger partial charge is 0.381 e. The Kier molecular flexibility index (Phi) is 5.42. The molecular formula is C15H22ClN3O2. The second kappa shape index (κ2) is 7.09. The molecule has 1 heterocycles. The molecule has 1 aromatic carbocycles. The summed E-state index contributed by atoms with van der Waals surface area (Å²) in [6.07, 6.45) is 3.34. The molecule has 0 atom stereocenters. The summed E-state index contributed by atoms with van der Waals surface area (Å²) in [6.45, 7) is 7.39. The lowest BCUT2D eigenvalue weighted by Gasteiger charge is -2.33. The quantitative estimate of drug-likeness (QED) is 0.663. The summed E-state index contributed by atoms with van der Waals surface area (Å²) in [5, 5.41) is 14.7. The highest BCUT2D eigenvalue weighted by Gasteiger charge is 2.21. The van der Waals surface area contributed by atoms with E-state index in [0.29, 0.717) is 11.1 Å². The summed E-state index contributed by atoms with van der Waals surface area (Å²) in [4.78, 5) is 12.9. The van der Waals surface area contributed by atoms with Gasteiger partial charge in [-0.2, -0.15) is 0 Å². The van der Waals surface area contributed by atoms with Gasteiger partial charge in [-0.05, 0) is 38.3 Å². The van der Waals surface area contributed by atoms with E-state index < -0.39 is 4.92 Å². The van der Waals surface area contributed by atoms with E-state index >= 15 is 0 Å². The van der Waals surface area contributed by atoms with Gasteiger partial charge in [-0.1, -0.05) is 18.5 Å². The predicted molar refractivity (Wildman–Crippen MR) is 86.2 cm³/mol. The molecule has 1 N–H and O–H groups in total. The summed E-state index contributed by atoms with van der Waals surface area (Å²) >= 11 is 6.20. The summed E-state index contributed by atoms with van der Waals surface area (Å²) in [5.74, 6) is 0. The molecule has 1 aliphatic heterocycles. The molecule has 6 heteroatoms. The Balaban J connectivity index is 2.02. The molecule has 1 saturated heterocycles. The maximum atomic E-state index is 10.8. The van der Waals surface area contributed by atoms with E-state index in [4.69, 9.17) is 11.6 Å². The van der Waals surface area contributed by atoms with Crippen molar-refractivity contribution in [2.45, 2.75) is 39.2 Å². The molecule has 1 aromatic rings. The number of aryl methyl sites for hydroxylation is 1. The van der Waals surface area contributed by atoms with Gasteiger partial charge in [0.05, 0.1) is 15.6 Å². The van der Waals surface area contributed by atoms with Crippen molar-refractivity contribution >= 4 is 23.0 Å². The van der Waals surface area contributed by atoms with Crippen molar-refractivity contribution in [1.29, 1.82) is 0 Å². The fraction of sp³-hybridized carbons (Fsp3) is 0.600. The predicted octanol–water partition coefficient (Wildman–Crippen LogP) is 3.84. The van der Waals surface area contributed by atoms with E-state index in [1.165, 1.54) is 12.5 Å². The first-order valence-corrected chi connectivity index (χ1v) is 7.82. The molecule has 0 aromatic heterocycles. The fourth-order valence-electron chi connectivity index (χ4n) is 2.84. The maximum absolute atomic E-state index is 10.8. The first kappa shape index (κ1) is 16.0. The summed E-state index contributed by atoms with van der Waals surface area (Å²) in [5.41, 5.74) is 1.70. The molecule has 0 bridgehead atoms. The average Bonchev–Trinajstić information content (AvgIpc) is 2.44. The molecule has 2 rings (SSSR count). The molecule has 0 amide bonds. The van der Waals surface area contributed by atoms with E-state index in [1.807, 2.05) is 6.92 Å². The number of halogens is 1. The molecule has 0 unspecified atom stereocenters. The van der Waals surface area contributed by atoms with Crippen LogP contribution in [0.3, 0.4) is 0 Å². The summed E-state index contributed by atoms with van der Waals surface area (Å²) in [7, 11) is 0. The lowest BCUT2D eigenvalue weighted by atomic mass is 10.0. The number of anilines is 1. The van der Waals surface area contributed by atoms with Crippen LogP contribution >= 0.6 is 11.6 Å². The molecule has 5 nitrogen and oxygen atoms in total. The smallest absolute Gasteiger partial charge is 0.271 e. The van der Waals surface area contributed by atoms with Crippen molar-refractivity contribution in [1.82, 2.24) is 4.90 Å². The van der Waals surface area contributed by atoms with Crippen molar-refractivity contribution in [2.24, 2.45) is 0 Å². The number of benzene rings is 1. The van der Waals surface area contributed by atoms with Gasteiger partial charge in [0.2, 0.25) is 0 Å². The third-order valence-electron chi connectivity index (χ3n) is 3.96. The first-order chi connectivity index (χ1) is 10.0. The van der Waals surface area contributed by atoms with E-state index in [9.17, 15) is 10.1 Å². The summed E-state index contributed by atoms with van der Waals surface area (Å²) < 4.78 is 0. The van der Waals surface area contributed by atoms with Crippen molar-refractivity contribution in [3.63, 3.8) is 0 Å². The highest BCUT2D eigenvalue weighted by Crippen LogP contribution is 2.32. The van der Waals surface area contributed by atoms with Crippen molar-refractivity contribution < 1.29 is 4.92 Å². The van der Waals surface area contributed by atoms with Gasteiger partial charge in [0.1, 0.15) is 0 Å². The highest BCUT2D eigenvalue weighted by molar-refractivity contribution is 6.33. The standard InChI is InChI=1S/C15H22ClN3O2/c1-3-6-18-7-4-12(5-8-18)17-15-11(2)9-13(19(20)21)10-14(15)16/h9-10,12,17H,3-8H2,1-2H3. The van der Waals surface area contributed by atoms with E-state index in [0.717, 1.165) is 43.7 Å². The third-order valence-corrected chi connectivity index (χ3v) is 4.26. The van der Waals surface area contributed by atoms with Gasteiger partial charge in [-0.25, -0.2) is 0 Å². The van der Waals surface area contributed by atoms with Gasteiger partial charge >= 0.3 is 0 Å². The second-order valence-corrected chi connectivity index (χ2v) is 6.04. The van der Waals surface area contributed by atoms with Gasteiger partial charge in [-0.3, -0.25) is 10.1 Å². The van der Waals surface area contributed by atoms with Crippen LogP contribution in [0.15, 0.2) is 12.1 Å². The van der Waals surface area contributed by atoms with Crippen LogP contribution in [0.25, 0.3) is 0 Å². The highest BCUT2D eigenvalue weighted by atomic mass is 35.5. The van der Waals surface area contributed by atoms with E-state index in [1.54, 1.807) is 6.07 Å². The van der Waals surface area contributed by atoms with Gasteiger partial charge in [-0.15, -0.1) is 0 Å². The van der Waals surface area contributed by atoms with Crippen LogP contribution in [-0.4, -0.2) is 35.5 Å². The minimum Gasteiger partial charge on any atom is -0.381 e. The molecular weight excluding hydrogens is 290 g/mol. The molecule has 116 valence electrons. The van der Waals surface area contributed by atoms with Crippen LogP contribution in [-0.2, 0) is 0 Å². The molecule has 0 saturated carbocycles. The maximum Gasteiger partial charge on any atom is 0.271 e. The molecule has 0 radical (unpaired) electrons. The normalized spacial score (nSPS) is 16.9.